The van der Waals surface area contributed by atoms with Gasteiger partial charge in [0.2, 0.25) is 0 Å². The number of aromatic nitrogens is 2. The van der Waals surface area contributed by atoms with Gasteiger partial charge in [0, 0.05) is 55.7 Å². The van der Waals surface area contributed by atoms with E-state index in [1.165, 1.54) is 32.7 Å². The fourth-order valence-electron chi connectivity index (χ4n) is 7.63. The Bertz CT molecular complexity index is 2380. The third-order valence-electron chi connectivity index (χ3n) is 10.6. The highest BCUT2D eigenvalue weighted by Gasteiger charge is 2.24. The summed E-state index contributed by atoms with van der Waals surface area (Å²) in [7, 11) is 0. The van der Waals surface area contributed by atoms with Gasteiger partial charge in [0.25, 0.3) is 0 Å². The maximum absolute atomic E-state index is 11.9. The van der Waals surface area contributed by atoms with Crippen molar-refractivity contribution in [2.24, 2.45) is 0 Å². The third kappa shape index (κ3) is 6.54. The van der Waals surface area contributed by atoms with Gasteiger partial charge in [0.15, 0.2) is 0 Å². The average Bonchev–Trinajstić information content (AvgIpc) is 3.66. The number of hydrogen-bond acceptors (Lipinski definition) is 4. The molecule has 0 saturated carbocycles. The van der Waals surface area contributed by atoms with Crippen LogP contribution in [0.25, 0.3) is 55.0 Å². The van der Waals surface area contributed by atoms with Crippen LogP contribution in [-0.4, -0.2) is 30.9 Å². The number of rotatable bonds is 9. The number of thioether (sulfide) groups is 2. The fraction of sp³-hybridized carbons (Fsp3) is 0.250. The minimum absolute atomic E-state index is 0.0852. The van der Waals surface area contributed by atoms with Crippen LogP contribution in [0.1, 0.15) is 63.8 Å². The Balaban J connectivity index is 1.04. The number of phenols is 2. The first-order valence-electron chi connectivity index (χ1n) is 18.8. The van der Waals surface area contributed by atoms with Crippen LogP contribution < -0.4 is 0 Å². The van der Waals surface area contributed by atoms with Crippen molar-refractivity contribution in [3.63, 3.8) is 0 Å². The molecule has 0 saturated heterocycles. The average molecular weight is 749 g/mol. The first-order chi connectivity index (χ1) is 25.9. The molecule has 2 aromatic heterocycles. The highest BCUT2D eigenvalue weighted by atomic mass is 32.2. The van der Waals surface area contributed by atoms with Crippen LogP contribution in [-0.2, 0) is 22.3 Å². The van der Waals surface area contributed by atoms with Gasteiger partial charge in [-0.15, -0.1) is 0 Å². The molecule has 0 spiro atoms. The second kappa shape index (κ2) is 14.1. The largest absolute Gasteiger partial charge is 0.505 e. The van der Waals surface area contributed by atoms with Gasteiger partial charge >= 0.3 is 0 Å². The number of hydrogen-bond donors (Lipinski definition) is 2. The van der Waals surface area contributed by atoms with E-state index in [-0.39, 0.29) is 10.8 Å². The number of para-hydroxylation sites is 4. The molecule has 274 valence electrons. The summed E-state index contributed by atoms with van der Waals surface area (Å²) in [5.41, 5.74) is 10.2. The lowest BCUT2D eigenvalue weighted by Gasteiger charge is -2.23. The lowest BCUT2D eigenvalue weighted by molar-refractivity contribution is 0.466. The molecule has 0 radical (unpaired) electrons. The molecule has 6 heteroatoms. The van der Waals surface area contributed by atoms with Crippen molar-refractivity contribution < 1.29 is 10.2 Å². The summed E-state index contributed by atoms with van der Waals surface area (Å²) in [5, 5.41) is 28.6. The molecule has 0 aliphatic rings. The van der Waals surface area contributed by atoms with Crippen LogP contribution in [0.15, 0.2) is 121 Å². The first-order valence-corrected chi connectivity index (χ1v) is 21.1. The molecule has 4 nitrogen and oxygen atoms in total. The Morgan fingerprint density at radius 3 is 1.04 bits per heavy atom. The van der Waals surface area contributed by atoms with Crippen molar-refractivity contribution in [1.82, 2.24) is 9.13 Å². The zero-order chi connectivity index (χ0) is 37.8. The van der Waals surface area contributed by atoms with Crippen LogP contribution >= 0.6 is 23.5 Å². The molecule has 2 heterocycles. The first kappa shape index (κ1) is 36.2. The number of phenolic OH excluding ortho intramolecular Hbond substituents is 2. The Kier molecular flexibility index (Phi) is 9.48. The molecule has 0 aliphatic carbocycles. The lowest BCUT2D eigenvalue weighted by Crippen LogP contribution is -2.13. The second-order valence-corrected chi connectivity index (χ2v) is 18.6. The summed E-state index contributed by atoms with van der Waals surface area (Å²) in [6, 6.07) is 42.6. The molecule has 0 unspecified atom stereocenters. The highest BCUT2D eigenvalue weighted by Crippen LogP contribution is 2.42. The van der Waals surface area contributed by atoms with E-state index in [0.29, 0.717) is 23.0 Å². The van der Waals surface area contributed by atoms with Gasteiger partial charge in [-0.2, -0.15) is 23.5 Å². The SMILES string of the molecule is CC(C)(C)c1cc(CSCCSCc2cc(C(C)(C)C)cc(-n3c4ccccc4c4ccccc43)c2O)c(O)c(-n2c3ccccc3c3ccccc32)c1. The number of nitrogens with zero attached hydrogens (tertiary/aromatic N) is 2. The van der Waals surface area contributed by atoms with Crippen molar-refractivity contribution in [2.45, 2.75) is 63.9 Å². The molecular formula is C48H48N2O2S2. The zero-order valence-corrected chi connectivity index (χ0v) is 33.6. The summed E-state index contributed by atoms with van der Waals surface area (Å²) in [6.07, 6.45) is 0. The molecule has 8 aromatic rings. The maximum atomic E-state index is 11.9. The molecule has 0 bridgehead atoms. The van der Waals surface area contributed by atoms with Gasteiger partial charge in [-0.25, -0.2) is 0 Å². The predicted octanol–water partition coefficient (Wildman–Crippen LogP) is 13.1. The standard InChI is InChI=1S/C48H48N2O2S2/c1-47(2,3)33-25-31(45(51)43(27-33)49-39-19-11-7-15-35(39)36-16-8-12-20-40(36)49)29-53-23-24-54-30-32-26-34(48(4,5)6)28-44(46(32)52)50-41-21-13-9-17-37(41)38-18-10-14-22-42(38)50/h7-22,25-28,51-52H,23-24,29-30H2,1-6H3. The Hall–Kier alpha value is -4.78. The van der Waals surface area contributed by atoms with E-state index in [1.807, 2.05) is 23.5 Å². The van der Waals surface area contributed by atoms with Gasteiger partial charge in [-0.3, -0.25) is 0 Å². The molecule has 0 fully saturated rings. The maximum Gasteiger partial charge on any atom is 0.143 e. The highest BCUT2D eigenvalue weighted by molar-refractivity contribution is 8.02. The van der Waals surface area contributed by atoms with Crippen molar-refractivity contribution in [3.8, 4) is 22.9 Å². The summed E-state index contributed by atoms with van der Waals surface area (Å²) in [6.45, 7) is 13.4. The quantitative estimate of drug-likeness (QED) is 0.144. The van der Waals surface area contributed by atoms with Crippen molar-refractivity contribution in [2.75, 3.05) is 11.5 Å². The Morgan fingerprint density at radius 2 is 0.741 bits per heavy atom. The van der Waals surface area contributed by atoms with Gasteiger partial charge in [0.1, 0.15) is 11.5 Å². The van der Waals surface area contributed by atoms with E-state index < -0.39 is 0 Å². The van der Waals surface area contributed by atoms with E-state index in [2.05, 4.69) is 172 Å². The van der Waals surface area contributed by atoms with E-state index >= 15 is 0 Å². The van der Waals surface area contributed by atoms with Gasteiger partial charge < -0.3 is 19.3 Å². The molecule has 54 heavy (non-hydrogen) atoms. The van der Waals surface area contributed by atoms with Crippen LogP contribution in [0.4, 0.5) is 0 Å². The Labute approximate surface area is 326 Å². The minimum atomic E-state index is -0.0852. The molecular weight excluding hydrogens is 701 g/mol. The smallest absolute Gasteiger partial charge is 0.143 e. The van der Waals surface area contributed by atoms with Gasteiger partial charge in [0.05, 0.1) is 33.4 Å². The van der Waals surface area contributed by atoms with Crippen LogP contribution in [0, 0.1) is 0 Å². The summed E-state index contributed by atoms with van der Waals surface area (Å²) >= 11 is 3.69. The van der Waals surface area contributed by atoms with Gasteiger partial charge in [-0.05, 0) is 58.4 Å². The van der Waals surface area contributed by atoms with E-state index in [1.54, 1.807) is 0 Å². The molecule has 0 aliphatic heterocycles. The molecule has 0 amide bonds. The molecule has 6 aromatic carbocycles. The van der Waals surface area contributed by atoms with Crippen molar-refractivity contribution >= 4 is 67.1 Å². The van der Waals surface area contributed by atoms with E-state index in [4.69, 9.17) is 0 Å². The summed E-state index contributed by atoms with van der Waals surface area (Å²) < 4.78 is 4.45. The second-order valence-electron chi connectivity index (χ2n) is 16.4. The fourth-order valence-corrected chi connectivity index (χ4v) is 9.74. The minimum Gasteiger partial charge on any atom is -0.505 e. The van der Waals surface area contributed by atoms with E-state index in [0.717, 1.165) is 56.1 Å². The predicted molar refractivity (Wildman–Crippen MR) is 235 cm³/mol. The van der Waals surface area contributed by atoms with Gasteiger partial charge in [-0.1, -0.05) is 126 Å². The van der Waals surface area contributed by atoms with Crippen LogP contribution in [0.3, 0.4) is 0 Å². The zero-order valence-electron chi connectivity index (χ0n) is 32.0. The topological polar surface area (TPSA) is 50.3 Å². The van der Waals surface area contributed by atoms with Crippen LogP contribution in [0.5, 0.6) is 11.5 Å². The van der Waals surface area contributed by atoms with Crippen molar-refractivity contribution in [1.29, 1.82) is 0 Å². The summed E-state index contributed by atoms with van der Waals surface area (Å²) in [4.78, 5) is 0. The normalized spacial score (nSPS) is 12.5. The van der Waals surface area contributed by atoms with Crippen molar-refractivity contribution in [3.05, 3.63) is 144 Å². The number of benzene rings is 6. The van der Waals surface area contributed by atoms with Crippen LogP contribution in [0.2, 0.25) is 0 Å². The number of fused-ring (bicyclic) bond motifs is 6. The van der Waals surface area contributed by atoms with E-state index in [9.17, 15) is 10.2 Å². The third-order valence-corrected chi connectivity index (χ3v) is 12.9. The monoisotopic (exact) mass is 748 g/mol. The molecule has 0 atom stereocenters. The lowest BCUT2D eigenvalue weighted by atomic mass is 9.85. The Morgan fingerprint density at radius 1 is 0.444 bits per heavy atom. The summed E-state index contributed by atoms with van der Waals surface area (Å²) in [5.74, 6) is 3.96. The molecule has 8 rings (SSSR count). The molecule has 2 N–H and O–H groups in total. The number of aromatic hydroxyl groups is 2.